The van der Waals surface area contributed by atoms with Crippen molar-refractivity contribution in [3.63, 3.8) is 0 Å². The fourth-order valence-electron chi connectivity index (χ4n) is 4.81. The Morgan fingerprint density at radius 3 is 2.85 bits per heavy atom. The Hall–Kier alpha value is -1.32. The van der Waals surface area contributed by atoms with E-state index in [0.29, 0.717) is 19.4 Å². The highest BCUT2D eigenvalue weighted by atomic mass is 16.5. The molecule has 0 aromatic heterocycles. The van der Waals surface area contributed by atoms with Gasteiger partial charge in [0, 0.05) is 5.41 Å². The van der Waals surface area contributed by atoms with Crippen molar-refractivity contribution in [2.45, 2.75) is 44.9 Å². The molecule has 110 valence electrons. The van der Waals surface area contributed by atoms with Crippen molar-refractivity contribution < 1.29 is 19.1 Å². The zero-order chi connectivity index (χ0) is 14.4. The zero-order valence-corrected chi connectivity index (χ0v) is 12.1. The van der Waals surface area contributed by atoms with Crippen LogP contribution in [0.15, 0.2) is 12.2 Å². The van der Waals surface area contributed by atoms with E-state index in [4.69, 9.17) is 9.47 Å². The number of rotatable bonds is 1. The van der Waals surface area contributed by atoms with Gasteiger partial charge < -0.3 is 9.47 Å². The lowest BCUT2D eigenvalue weighted by molar-refractivity contribution is -0.156. The van der Waals surface area contributed by atoms with Crippen LogP contribution in [0.5, 0.6) is 0 Å². The van der Waals surface area contributed by atoms with Crippen LogP contribution in [0, 0.1) is 16.7 Å². The van der Waals surface area contributed by atoms with E-state index in [2.05, 4.69) is 6.58 Å². The van der Waals surface area contributed by atoms with Crippen LogP contribution >= 0.6 is 0 Å². The molecule has 20 heavy (non-hydrogen) atoms. The topological polar surface area (TPSA) is 52.6 Å². The van der Waals surface area contributed by atoms with Crippen LogP contribution in [0.2, 0.25) is 0 Å². The van der Waals surface area contributed by atoms with E-state index in [9.17, 15) is 9.59 Å². The molecule has 1 heterocycles. The van der Waals surface area contributed by atoms with Gasteiger partial charge >= 0.3 is 11.9 Å². The highest BCUT2D eigenvalue weighted by Crippen LogP contribution is 2.63. The summed E-state index contributed by atoms with van der Waals surface area (Å²) in [6.07, 6.45) is 5.82. The van der Waals surface area contributed by atoms with Gasteiger partial charge in [0.2, 0.25) is 0 Å². The Kier molecular flexibility index (Phi) is 3.14. The van der Waals surface area contributed by atoms with Gasteiger partial charge in [0.1, 0.15) is 0 Å². The molecule has 0 radical (unpaired) electrons. The van der Waals surface area contributed by atoms with Crippen LogP contribution in [0.25, 0.3) is 0 Å². The first-order valence-electron chi connectivity index (χ1n) is 7.43. The van der Waals surface area contributed by atoms with E-state index in [-0.39, 0.29) is 23.3 Å². The highest BCUT2D eigenvalue weighted by Gasteiger charge is 2.63. The number of carbonyl (C=O) groups excluding carboxylic acids is 2. The molecule has 4 nitrogen and oxygen atoms in total. The second kappa shape index (κ2) is 4.61. The minimum absolute atomic E-state index is 0.117. The predicted molar refractivity (Wildman–Crippen MR) is 72.8 cm³/mol. The average Bonchev–Trinajstić information content (AvgIpc) is 2.87. The van der Waals surface area contributed by atoms with E-state index >= 15 is 0 Å². The van der Waals surface area contributed by atoms with Crippen LogP contribution in [0.3, 0.4) is 0 Å². The summed E-state index contributed by atoms with van der Waals surface area (Å²) < 4.78 is 10.4. The summed E-state index contributed by atoms with van der Waals surface area (Å²) in [7, 11) is 1.46. The van der Waals surface area contributed by atoms with Gasteiger partial charge in [-0.3, -0.25) is 9.59 Å². The first kappa shape index (κ1) is 13.7. The zero-order valence-electron chi connectivity index (χ0n) is 12.1. The molecule has 2 unspecified atom stereocenters. The smallest absolute Gasteiger partial charge is 0.312 e. The third kappa shape index (κ3) is 1.80. The molecule has 3 fully saturated rings. The van der Waals surface area contributed by atoms with Crippen molar-refractivity contribution >= 4 is 11.9 Å². The molecule has 0 bridgehead atoms. The largest absolute Gasteiger partial charge is 0.469 e. The van der Waals surface area contributed by atoms with E-state index < -0.39 is 5.41 Å². The summed E-state index contributed by atoms with van der Waals surface area (Å²) >= 11 is 0. The van der Waals surface area contributed by atoms with Gasteiger partial charge in [-0.1, -0.05) is 12.2 Å². The van der Waals surface area contributed by atoms with Crippen LogP contribution in [-0.4, -0.2) is 25.7 Å². The molecule has 3 atom stereocenters. The molecule has 0 amide bonds. The molecule has 4 heteroatoms. The van der Waals surface area contributed by atoms with E-state index in [1.165, 1.54) is 7.11 Å². The van der Waals surface area contributed by atoms with Gasteiger partial charge in [-0.05, 0) is 44.4 Å². The number of esters is 2. The van der Waals surface area contributed by atoms with Gasteiger partial charge in [0.15, 0.2) is 0 Å². The fourth-order valence-corrected chi connectivity index (χ4v) is 4.81. The number of methoxy groups -OCH3 is 1. The third-order valence-electron chi connectivity index (χ3n) is 5.67. The molecular formula is C16H22O4. The molecule has 0 N–H and O–H groups in total. The summed E-state index contributed by atoms with van der Waals surface area (Å²) in [5, 5.41) is 0. The van der Waals surface area contributed by atoms with Gasteiger partial charge in [-0.25, -0.2) is 0 Å². The molecule has 3 rings (SSSR count). The molecule has 1 saturated heterocycles. The van der Waals surface area contributed by atoms with Gasteiger partial charge in [-0.15, -0.1) is 0 Å². The number of hydrogen-bond donors (Lipinski definition) is 0. The fraction of sp³-hybridized carbons (Fsp3) is 0.750. The molecule has 2 aliphatic carbocycles. The predicted octanol–water partition coefficient (Wildman–Crippen LogP) is 2.62. The number of ether oxygens (including phenoxy) is 2. The minimum atomic E-state index is -0.476. The maximum Gasteiger partial charge on any atom is 0.312 e. The minimum Gasteiger partial charge on any atom is -0.469 e. The number of cyclic esters (lactones) is 1. The quantitative estimate of drug-likeness (QED) is 0.546. The van der Waals surface area contributed by atoms with Gasteiger partial charge in [-0.2, -0.15) is 0 Å². The van der Waals surface area contributed by atoms with Crippen molar-refractivity contribution in [1.29, 1.82) is 0 Å². The number of fused-ring (bicyclic) bond motifs is 2. The first-order chi connectivity index (χ1) is 9.52. The van der Waals surface area contributed by atoms with Crippen LogP contribution < -0.4 is 0 Å². The lowest BCUT2D eigenvalue weighted by Gasteiger charge is -2.37. The second-order valence-electron chi connectivity index (χ2n) is 6.72. The Labute approximate surface area is 119 Å². The summed E-state index contributed by atoms with van der Waals surface area (Å²) in [5.41, 5.74) is 0.520. The van der Waals surface area contributed by atoms with Gasteiger partial charge in [0.25, 0.3) is 0 Å². The van der Waals surface area contributed by atoms with Crippen LogP contribution in [-0.2, 0) is 19.1 Å². The highest BCUT2D eigenvalue weighted by molar-refractivity contribution is 5.79. The summed E-state index contributed by atoms with van der Waals surface area (Å²) in [6, 6.07) is 0. The molecule has 0 aromatic carbocycles. The standard InChI is InChI=1S/C16H22O4/c1-11-4-3-5-12-15(9-13(17)20-10-15)6-7-16(12,8-11)14(18)19-2/h12H,1,3-10H2,2H3/t12?,15-,16?/m1/s1. The summed E-state index contributed by atoms with van der Waals surface area (Å²) in [6.45, 7) is 4.59. The Balaban J connectivity index is 2.00. The van der Waals surface area contributed by atoms with E-state index in [1.807, 2.05) is 0 Å². The SMILES string of the molecule is C=C1CCCC2C(C(=O)OC)(CC[C@@]23COC(=O)C3)C1. The Bertz CT molecular complexity index is 469. The van der Waals surface area contributed by atoms with Gasteiger partial charge in [0.05, 0.1) is 25.6 Å². The van der Waals surface area contributed by atoms with Crippen molar-refractivity contribution in [2.75, 3.05) is 13.7 Å². The molecule has 0 aromatic rings. The molecule has 2 saturated carbocycles. The lowest BCUT2D eigenvalue weighted by atomic mass is 9.65. The number of hydrogen-bond acceptors (Lipinski definition) is 4. The molecule has 1 spiro atoms. The van der Waals surface area contributed by atoms with Crippen molar-refractivity contribution in [3.8, 4) is 0 Å². The maximum atomic E-state index is 12.5. The van der Waals surface area contributed by atoms with E-state index in [1.54, 1.807) is 0 Å². The van der Waals surface area contributed by atoms with Crippen LogP contribution in [0.4, 0.5) is 0 Å². The molecule has 1 aliphatic heterocycles. The Morgan fingerprint density at radius 2 is 2.20 bits per heavy atom. The normalized spacial score (nSPS) is 40.4. The molecule has 3 aliphatic rings. The summed E-state index contributed by atoms with van der Waals surface area (Å²) in [4.78, 5) is 24.1. The number of carbonyl (C=O) groups is 2. The lowest BCUT2D eigenvalue weighted by Crippen LogP contribution is -2.41. The first-order valence-corrected chi connectivity index (χ1v) is 7.43. The van der Waals surface area contributed by atoms with E-state index in [0.717, 1.165) is 37.7 Å². The molecular weight excluding hydrogens is 256 g/mol. The Morgan fingerprint density at radius 1 is 1.40 bits per heavy atom. The third-order valence-corrected chi connectivity index (χ3v) is 5.67. The monoisotopic (exact) mass is 278 g/mol. The van der Waals surface area contributed by atoms with Crippen LogP contribution in [0.1, 0.15) is 44.9 Å². The summed E-state index contributed by atoms with van der Waals surface area (Å²) in [5.74, 6) is -0.0522. The van der Waals surface area contributed by atoms with Crippen molar-refractivity contribution in [2.24, 2.45) is 16.7 Å². The number of allylic oxidation sites excluding steroid dienone is 1. The maximum absolute atomic E-state index is 12.5. The van der Waals surface area contributed by atoms with Crippen molar-refractivity contribution in [3.05, 3.63) is 12.2 Å². The van der Waals surface area contributed by atoms with Crippen molar-refractivity contribution in [1.82, 2.24) is 0 Å². The average molecular weight is 278 g/mol. The second-order valence-corrected chi connectivity index (χ2v) is 6.72.